The van der Waals surface area contributed by atoms with E-state index >= 15 is 0 Å². The molecule has 0 radical (unpaired) electrons. The standard InChI is InChI=1S/C15H20N2O7S3/c1-2-16(13-7-9-25(19,20)11-13)27(23,24)14-5-3-12(4-6-14)17-15(18)8-10-26(17,21)22/h3-6,13H,2,7-11H2,1H3/t13-/m0/s1. The average Bonchev–Trinajstić information content (AvgIpc) is 3.06. The molecule has 2 heterocycles. The zero-order valence-electron chi connectivity index (χ0n) is 14.6. The first-order valence-electron chi connectivity index (χ1n) is 8.36. The fourth-order valence-electron chi connectivity index (χ4n) is 3.38. The van der Waals surface area contributed by atoms with Crippen molar-refractivity contribution in [1.82, 2.24) is 4.31 Å². The van der Waals surface area contributed by atoms with Crippen molar-refractivity contribution in [1.29, 1.82) is 0 Å². The topological polar surface area (TPSA) is 126 Å². The minimum atomic E-state index is -3.95. The number of hydrogen-bond donors (Lipinski definition) is 0. The third-order valence-electron chi connectivity index (χ3n) is 4.68. The third kappa shape index (κ3) is 3.75. The Morgan fingerprint density at radius 3 is 2.19 bits per heavy atom. The van der Waals surface area contributed by atoms with Crippen molar-refractivity contribution in [2.75, 3.05) is 28.1 Å². The van der Waals surface area contributed by atoms with Crippen LogP contribution in [-0.4, -0.2) is 65.3 Å². The molecule has 0 N–H and O–H groups in total. The maximum atomic E-state index is 12.9. The van der Waals surface area contributed by atoms with Crippen LogP contribution in [0.3, 0.4) is 0 Å². The fourth-order valence-corrected chi connectivity index (χ4v) is 8.33. The summed E-state index contributed by atoms with van der Waals surface area (Å²) in [7, 11) is -10.9. The zero-order chi connectivity index (χ0) is 20.0. The van der Waals surface area contributed by atoms with Crippen LogP contribution in [0.4, 0.5) is 5.69 Å². The van der Waals surface area contributed by atoms with Gasteiger partial charge in [0.25, 0.3) is 0 Å². The van der Waals surface area contributed by atoms with E-state index in [4.69, 9.17) is 0 Å². The second-order valence-corrected chi connectivity index (χ2v) is 12.5. The number of carbonyl (C=O) groups excluding carboxylic acids is 1. The molecule has 1 amide bonds. The first kappa shape index (κ1) is 20.2. The van der Waals surface area contributed by atoms with Gasteiger partial charge >= 0.3 is 0 Å². The van der Waals surface area contributed by atoms with Gasteiger partial charge in [-0.25, -0.2) is 29.6 Å². The van der Waals surface area contributed by atoms with E-state index in [1.54, 1.807) is 6.92 Å². The smallest absolute Gasteiger partial charge is 0.243 e. The van der Waals surface area contributed by atoms with Crippen molar-refractivity contribution in [3.05, 3.63) is 24.3 Å². The van der Waals surface area contributed by atoms with E-state index in [0.717, 1.165) is 4.31 Å². The largest absolute Gasteiger partial charge is 0.273 e. The maximum absolute atomic E-state index is 12.9. The van der Waals surface area contributed by atoms with Crippen LogP contribution < -0.4 is 4.31 Å². The van der Waals surface area contributed by atoms with Gasteiger partial charge in [-0.2, -0.15) is 4.31 Å². The van der Waals surface area contributed by atoms with Crippen LogP contribution in [0.25, 0.3) is 0 Å². The molecule has 1 aromatic carbocycles. The Kier molecular flexibility index (Phi) is 5.12. The quantitative estimate of drug-likeness (QED) is 0.633. The molecule has 0 aliphatic carbocycles. The predicted octanol–water partition coefficient (Wildman–Crippen LogP) is -0.0492. The number of amides is 1. The van der Waals surface area contributed by atoms with Gasteiger partial charge < -0.3 is 0 Å². The Balaban J connectivity index is 1.90. The molecule has 9 nitrogen and oxygen atoms in total. The maximum Gasteiger partial charge on any atom is 0.243 e. The van der Waals surface area contributed by atoms with Gasteiger partial charge in [0.2, 0.25) is 26.0 Å². The van der Waals surface area contributed by atoms with Crippen LogP contribution in [0.5, 0.6) is 0 Å². The van der Waals surface area contributed by atoms with Gasteiger partial charge in [-0.15, -0.1) is 0 Å². The van der Waals surface area contributed by atoms with E-state index in [0.29, 0.717) is 4.31 Å². The molecule has 27 heavy (non-hydrogen) atoms. The molecule has 0 spiro atoms. The molecule has 1 atom stereocenters. The first-order valence-corrected chi connectivity index (χ1v) is 13.2. The van der Waals surface area contributed by atoms with Crippen LogP contribution >= 0.6 is 0 Å². The van der Waals surface area contributed by atoms with E-state index < -0.39 is 41.8 Å². The van der Waals surface area contributed by atoms with Crippen LogP contribution in [0.1, 0.15) is 19.8 Å². The molecule has 0 aromatic heterocycles. The first-order chi connectivity index (χ1) is 12.5. The highest BCUT2D eigenvalue weighted by Gasteiger charge is 2.39. The van der Waals surface area contributed by atoms with Gasteiger partial charge in [0.15, 0.2) is 9.84 Å². The molecule has 3 rings (SSSR count). The summed E-state index contributed by atoms with van der Waals surface area (Å²) >= 11 is 0. The van der Waals surface area contributed by atoms with E-state index in [9.17, 15) is 30.0 Å². The lowest BCUT2D eigenvalue weighted by Gasteiger charge is -2.26. The number of hydrogen-bond acceptors (Lipinski definition) is 7. The van der Waals surface area contributed by atoms with Crippen LogP contribution in [0, 0.1) is 0 Å². The Bertz CT molecular complexity index is 1060. The molecule has 2 aliphatic heterocycles. The van der Waals surface area contributed by atoms with Crippen molar-refractivity contribution in [3.63, 3.8) is 0 Å². The highest BCUT2D eigenvalue weighted by molar-refractivity contribution is 7.94. The normalized spacial score (nSPS) is 24.6. The fraction of sp³-hybridized carbons (Fsp3) is 0.533. The Hall–Kier alpha value is -1.50. The monoisotopic (exact) mass is 436 g/mol. The summed E-state index contributed by atoms with van der Waals surface area (Å²) in [5.74, 6) is -1.08. The lowest BCUT2D eigenvalue weighted by atomic mass is 10.3. The van der Waals surface area contributed by atoms with Gasteiger partial charge in [-0.1, -0.05) is 6.92 Å². The third-order valence-corrected chi connectivity index (χ3v) is 10.2. The zero-order valence-corrected chi connectivity index (χ0v) is 17.1. The van der Waals surface area contributed by atoms with Crippen LogP contribution in [0.2, 0.25) is 0 Å². The Morgan fingerprint density at radius 2 is 1.74 bits per heavy atom. The SMILES string of the molecule is CCN([C@H]1CCS(=O)(=O)C1)S(=O)(=O)c1ccc(N2C(=O)CCS2(=O)=O)cc1. The minimum Gasteiger partial charge on any atom is -0.273 e. The van der Waals surface area contributed by atoms with Gasteiger partial charge in [-0.3, -0.25) is 4.79 Å². The number of sulfone groups is 1. The summed E-state index contributed by atoms with van der Waals surface area (Å²) in [6, 6.07) is 4.39. The van der Waals surface area contributed by atoms with E-state index in [2.05, 4.69) is 0 Å². The number of nitrogens with zero attached hydrogens (tertiary/aromatic N) is 2. The van der Waals surface area contributed by atoms with Crippen molar-refractivity contribution < 1.29 is 30.0 Å². The number of rotatable bonds is 5. The lowest BCUT2D eigenvalue weighted by molar-refractivity contribution is -0.116. The van der Waals surface area contributed by atoms with Crippen LogP contribution in [-0.2, 0) is 34.7 Å². The molecule has 0 saturated carbocycles. The predicted molar refractivity (Wildman–Crippen MR) is 99.0 cm³/mol. The molecule has 2 aliphatic rings. The number of benzene rings is 1. The van der Waals surface area contributed by atoms with E-state index in [-0.39, 0.29) is 47.2 Å². The number of anilines is 1. The van der Waals surface area contributed by atoms with Crippen molar-refractivity contribution >= 4 is 41.5 Å². The van der Waals surface area contributed by atoms with Crippen molar-refractivity contribution in [3.8, 4) is 0 Å². The summed E-state index contributed by atoms with van der Waals surface area (Å²) in [6.45, 7) is 1.75. The van der Waals surface area contributed by atoms with Gasteiger partial charge in [0.05, 0.1) is 27.8 Å². The van der Waals surface area contributed by atoms with Gasteiger partial charge in [-0.05, 0) is 30.7 Å². The Labute approximate surface area is 159 Å². The second kappa shape index (κ2) is 6.83. The van der Waals surface area contributed by atoms with Gasteiger partial charge in [0.1, 0.15) is 0 Å². The number of carbonyl (C=O) groups is 1. The summed E-state index contributed by atoms with van der Waals surface area (Å²) in [5.41, 5.74) is 0.0861. The highest BCUT2D eigenvalue weighted by atomic mass is 32.2. The Morgan fingerprint density at radius 1 is 1.11 bits per heavy atom. The molecular formula is C15H20N2O7S3. The van der Waals surface area contributed by atoms with Crippen molar-refractivity contribution in [2.24, 2.45) is 0 Å². The van der Waals surface area contributed by atoms with Crippen LogP contribution in [0.15, 0.2) is 29.2 Å². The lowest BCUT2D eigenvalue weighted by Crippen LogP contribution is -2.40. The van der Waals surface area contributed by atoms with Crippen molar-refractivity contribution in [2.45, 2.75) is 30.7 Å². The molecule has 2 saturated heterocycles. The molecular weight excluding hydrogens is 416 g/mol. The molecule has 2 fully saturated rings. The highest BCUT2D eigenvalue weighted by Crippen LogP contribution is 2.29. The summed E-state index contributed by atoms with van der Waals surface area (Å²) in [5, 5.41) is 0. The molecule has 0 unspecified atom stereocenters. The summed E-state index contributed by atoms with van der Waals surface area (Å²) < 4.78 is 75.0. The molecule has 1 aromatic rings. The summed E-state index contributed by atoms with van der Waals surface area (Å²) in [4.78, 5) is 11.7. The molecule has 150 valence electrons. The molecule has 12 heteroatoms. The van der Waals surface area contributed by atoms with E-state index in [1.165, 1.54) is 24.3 Å². The van der Waals surface area contributed by atoms with Gasteiger partial charge in [0, 0.05) is 19.0 Å². The second-order valence-electron chi connectivity index (χ2n) is 6.48. The summed E-state index contributed by atoms with van der Waals surface area (Å²) in [6.07, 6.45) is 0.135. The minimum absolute atomic E-state index is 0.0441. The van der Waals surface area contributed by atoms with E-state index in [1.807, 2.05) is 0 Å². The number of sulfonamides is 2. The average molecular weight is 437 g/mol. The molecule has 0 bridgehead atoms.